The summed E-state index contributed by atoms with van der Waals surface area (Å²) in [4.78, 5) is 14.1. The lowest BCUT2D eigenvalue weighted by Crippen LogP contribution is -2.61. The lowest BCUT2D eigenvalue weighted by molar-refractivity contribution is -0.292. The zero-order valence-electron chi connectivity index (χ0n) is 33.5. The summed E-state index contributed by atoms with van der Waals surface area (Å²) >= 11 is 0. The minimum absolute atomic E-state index is 0.0158. The maximum Gasteiger partial charge on any atom is 0.261 e. The molecular formula is C41H63NO14S. The van der Waals surface area contributed by atoms with E-state index >= 15 is 0 Å². The number of nitrogens with two attached hydrogens (primary N) is 1. The van der Waals surface area contributed by atoms with Gasteiger partial charge in [-0.1, -0.05) is 20.1 Å². The minimum atomic E-state index is -3.67. The third kappa shape index (κ3) is 9.00. The Bertz CT molecular complexity index is 1600. The van der Waals surface area contributed by atoms with Crippen LogP contribution in [0.15, 0.2) is 24.3 Å². The van der Waals surface area contributed by atoms with Crippen LogP contribution in [0.5, 0.6) is 0 Å². The van der Waals surface area contributed by atoms with Crippen LogP contribution in [-0.2, 0) is 57.5 Å². The Morgan fingerprint density at radius 2 is 1.51 bits per heavy atom. The highest BCUT2D eigenvalue weighted by Crippen LogP contribution is 2.54. The van der Waals surface area contributed by atoms with Crippen molar-refractivity contribution in [3.8, 4) is 0 Å². The van der Waals surface area contributed by atoms with Gasteiger partial charge in [-0.3, -0.25) is 9.35 Å². The molecule has 0 saturated carbocycles. The summed E-state index contributed by atoms with van der Waals surface area (Å²) in [5.74, 6) is -0.619. The summed E-state index contributed by atoms with van der Waals surface area (Å²) in [6.45, 7) is 11.3. The van der Waals surface area contributed by atoms with E-state index in [4.69, 9.17) is 52.9 Å². The number of Topliss-reactive ketones (excluding diaryl/α,β-unsaturated/α-hetero) is 1. The zero-order valence-corrected chi connectivity index (χ0v) is 34.3. The first-order chi connectivity index (χ1) is 27.1. The van der Waals surface area contributed by atoms with Crippen LogP contribution in [0.2, 0.25) is 0 Å². The second-order valence-corrected chi connectivity index (χ2v) is 19.6. The van der Waals surface area contributed by atoms with Crippen molar-refractivity contribution in [3.63, 3.8) is 0 Å². The van der Waals surface area contributed by atoms with Gasteiger partial charge in [-0.25, -0.2) is 0 Å². The number of rotatable bonds is 4. The molecule has 10 rings (SSSR count). The van der Waals surface area contributed by atoms with Crippen LogP contribution in [0, 0.1) is 11.8 Å². The number of aliphatic hydroxyl groups is 1. The second-order valence-electron chi connectivity index (χ2n) is 18.2. The van der Waals surface area contributed by atoms with Gasteiger partial charge in [-0.05, 0) is 62.0 Å². The van der Waals surface area contributed by atoms with E-state index in [-0.39, 0.29) is 122 Å². The highest BCUT2D eigenvalue weighted by molar-refractivity contribution is 7.85. The average Bonchev–Trinajstić information content (AvgIpc) is 3.82. The summed E-state index contributed by atoms with van der Waals surface area (Å²) in [6, 6.07) is 0. The number of carbonyl (C=O) groups excluding carboxylic acids is 1. The van der Waals surface area contributed by atoms with E-state index in [1.165, 1.54) is 0 Å². The number of ketones is 1. The molecule has 10 heterocycles. The van der Waals surface area contributed by atoms with Gasteiger partial charge >= 0.3 is 0 Å². The standard InChI is InChI=1S/C40H59NO11.CH4O3S/c1-19-11-24-5-7-28-20(2)12-26(45-28)9-10-40-17-33-36(51-40)37-38(50-33)39(52-40)35-29(49-37)8-6-25(47-35)13-22(42)14-27-31(16-30(46-24)21(19)3)48-32(34(27)44-4)15-23(43)18-41;1-5(2,3)4/h19,23-39,43H,2-3,5-18,41H2,1,4H3;1H3,(H,2,3,4)/t19-,23+,24+,25-,26-,27-,28-,29+,30-,31-,32-,33-,34-,35+,36-,37-,38+,39+,40-;/m1./s1. The third-order valence-electron chi connectivity index (χ3n) is 14.0. The van der Waals surface area contributed by atoms with Crippen molar-refractivity contribution >= 4 is 15.9 Å². The van der Waals surface area contributed by atoms with Crippen molar-refractivity contribution in [2.24, 2.45) is 17.6 Å². The maximum atomic E-state index is 14.1. The van der Waals surface area contributed by atoms with E-state index in [1.807, 2.05) is 0 Å². The van der Waals surface area contributed by atoms with Crippen LogP contribution in [0.25, 0.3) is 0 Å². The first-order valence-corrected chi connectivity index (χ1v) is 22.9. The molecule has 57 heavy (non-hydrogen) atoms. The fourth-order valence-corrected chi connectivity index (χ4v) is 11.3. The van der Waals surface area contributed by atoms with Crippen LogP contribution in [0.3, 0.4) is 0 Å². The van der Waals surface area contributed by atoms with E-state index in [0.29, 0.717) is 31.9 Å². The van der Waals surface area contributed by atoms with Crippen molar-refractivity contribution in [2.75, 3.05) is 19.9 Å². The monoisotopic (exact) mass is 825 g/mol. The maximum absolute atomic E-state index is 14.1. The van der Waals surface area contributed by atoms with Gasteiger partial charge < -0.3 is 53.5 Å². The molecule has 0 amide bonds. The summed E-state index contributed by atoms with van der Waals surface area (Å²) in [5, 5.41) is 10.5. The highest BCUT2D eigenvalue weighted by atomic mass is 32.2. The topological polar surface area (TPSA) is 201 Å². The molecule has 10 aliphatic rings. The van der Waals surface area contributed by atoms with Crippen molar-refractivity contribution in [3.05, 3.63) is 24.3 Å². The molecule has 10 aliphatic heterocycles. The van der Waals surface area contributed by atoms with E-state index < -0.39 is 28.1 Å². The largest absolute Gasteiger partial charge is 0.392 e. The molecule has 0 radical (unpaired) electrons. The van der Waals surface area contributed by atoms with Gasteiger partial charge in [0.1, 0.15) is 36.3 Å². The summed E-state index contributed by atoms with van der Waals surface area (Å²) in [6.07, 6.45) is 5.57. The van der Waals surface area contributed by atoms with Crippen LogP contribution in [-0.4, -0.2) is 147 Å². The van der Waals surface area contributed by atoms with E-state index in [9.17, 15) is 18.3 Å². The molecule has 15 nitrogen and oxygen atoms in total. The normalized spacial score (nSPS) is 48.8. The number of hydrogen-bond acceptors (Lipinski definition) is 14. The number of aliphatic hydroxyl groups excluding tert-OH is 1. The van der Waals surface area contributed by atoms with Gasteiger partial charge in [0, 0.05) is 58.1 Å². The molecular weight excluding hydrogens is 763 g/mol. The molecule has 0 aliphatic carbocycles. The van der Waals surface area contributed by atoms with Crippen molar-refractivity contribution in [1.82, 2.24) is 0 Å². The highest BCUT2D eigenvalue weighted by Gasteiger charge is 2.68. The molecule has 1 spiro atoms. The Kier molecular flexibility index (Phi) is 12.5. The van der Waals surface area contributed by atoms with Gasteiger partial charge in [-0.2, -0.15) is 8.42 Å². The lowest BCUT2D eigenvalue weighted by Gasteiger charge is -2.47. The first kappa shape index (κ1) is 42.3. The Morgan fingerprint density at radius 3 is 2.26 bits per heavy atom. The van der Waals surface area contributed by atoms with Crippen LogP contribution >= 0.6 is 0 Å². The predicted molar refractivity (Wildman–Crippen MR) is 204 cm³/mol. The molecule has 0 aromatic carbocycles. The van der Waals surface area contributed by atoms with Crippen LogP contribution in [0.1, 0.15) is 90.4 Å². The van der Waals surface area contributed by atoms with Gasteiger partial charge in [-0.15, -0.1) is 0 Å². The third-order valence-corrected chi connectivity index (χ3v) is 14.0. The van der Waals surface area contributed by atoms with Gasteiger partial charge in [0.25, 0.3) is 10.1 Å². The molecule has 10 fully saturated rings. The minimum Gasteiger partial charge on any atom is -0.392 e. The molecule has 0 aromatic rings. The number of methoxy groups -OCH3 is 1. The quantitative estimate of drug-likeness (QED) is 0.276. The van der Waals surface area contributed by atoms with Crippen LogP contribution < -0.4 is 5.73 Å². The van der Waals surface area contributed by atoms with E-state index in [0.717, 1.165) is 56.1 Å². The molecule has 10 saturated heterocycles. The average molecular weight is 826 g/mol. The molecule has 12 bridgehead atoms. The van der Waals surface area contributed by atoms with Crippen molar-refractivity contribution in [1.29, 1.82) is 0 Å². The zero-order chi connectivity index (χ0) is 40.4. The number of ether oxygens (including phenoxy) is 9. The van der Waals surface area contributed by atoms with Crippen molar-refractivity contribution < 1.29 is 65.5 Å². The Morgan fingerprint density at radius 1 is 0.825 bits per heavy atom. The van der Waals surface area contributed by atoms with Crippen LogP contribution in [0.4, 0.5) is 0 Å². The Balaban J connectivity index is 0.000000859. The fraction of sp³-hybridized carbons (Fsp3) is 0.878. The molecule has 19 atom stereocenters. The number of carbonyl (C=O) groups is 1. The summed E-state index contributed by atoms with van der Waals surface area (Å²) in [5.41, 5.74) is 8.01. The summed E-state index contributed by atoms with van der Waals surface area (Å²) in [7, 11) is -2.01. The molecule has 4 N–H and O–H groups in total. The molecule has 0 unspecified atom stereocenters. The smallest absolute Gasteiger partial charge is 0.261 e. The SMILES string of the molecule is C=C1C[C@H]2CC[C@]34C[C@H]5O[C@@H]6[C@@H](O3)[C@H]3O[C@H](CC[C@@H]3O[C@@H]6[C@@H]5O4)CC(=O)C[C@H]3[C@@H](OC)[C@@H](C[C@H](O)CN)O[C@@H]3C[C@H]3O[C@@H](CC[C@H]1O2)C[C@@H](C)C3=C.CS(=O)(=O)O. The Labute approximate surface area is 336 Å². The first-order valence-electron chi connectivity index (χ1n) is 21.1. The van der Waals surface area contributed by atoms with Crippen molar-refractivity contribution in [2.45, 2.75) is 194 Å². The Hall–Kier alpha value is -1.38. The van der Waals surface area contributed by atoms with Gasteiger partial charge in [0.15, 0.2) is 5.79 Å². The number of fused-ring (bicyclic) bond motifs is 6. The predicted octanol–water partition coefficient (Wildman–Crippen LogP) is 2.94. The van der Waals surface area contributed by atoms with Gasteiger partial charge in [0.05, 0.1) is 73.4 Å². The summed E-state index contributed by atoms with van der Waals surface area (Å²) < 4.78 is 85.9. The fourth-order valence-electron chi connectivity index (χ4n) is 11.3. The lowest BCUT2D eigenvalue weighted by atomic mass is 9.81. The molecule has 0 aromatic heterocycles. The second kappa shape index (κ2) is 16.8. The molecule has 322 valence electrons. The van der Waals surface area contributed by atoms with Gasteiger partial charge in [0.2, 0.25) is 0 Å². The van der Waals surface area contributed by atoms with E-state index in [2.05, 4.69) is 20.1 Å². The number of hydrogen-bond donors (Lipinski definition) is 3. The van der Waals surface area contributed by atoms with E-state index in [1.54, 1.807) is 7.11 Å². The molecule has 16 heteroatoms.